The van der Waals surface area contributed by atoms with Gasteiger partial charge < -0.3 is 19.3 Å². The van der Waals surface area contributed by atoms with Crippen LogP contribution in [0.4, 0.5) is 5.13 Å². The van der Waals surface area contributed by atoms with Crippen LogP contribution in [0.5, 0.6) is 17.2 Å². The van der Waals surface area contributed by atoms with Gasteiger partial charge in [0.15, 0.2) is 16.6 Å². The van der Waals surface area contributed by atoms with Crippen LogP contribution in [0.1, 0.15) is 36.9 Å². The Kier molecular flexibility index (Phi) is 7.47. The summed E-state index contributed by atoms with van der Waals surface area (Å²) in [7, 11) is 3.10. The lowest BCUT2D eigenvalue weighted by Crippen LogP contribution is -2.29. The lowest BCUT2D eigenvalue weighted by Gasteiger charge is -2.24. The molecule has 0 saturated carbocycles. The van der Waals surface area contributed by atoms with Crippen molar-refractivity contribution in [1.29, 1.82) is 0 Å². The van der Waals surface area contributed by atoms with E-state index in [0.717, 1.165) is 17.5 Å². The quantitative estimate of drug-likeness (QED) is 0.127. The molecular formula is C29H27N3O6S. The number of nitrogens with zero attached hydrogens (tertiary/aromatic N) is 3. The molecule has 0 spiro atoms. The number of ketones is 1. The van der Waals surface area contributed by atoms with Gasteiger partial charge in [-0.1, -0.05) is 30.7 Å². The molecule has 2 aromatic heterocycles. The minimum atomic E-state index is -0.959. The monoisotopic (exact) mass is 545 g/mol. The fourth-order valence-electron chi connectivity index (χ4n) is 4.43. The third kappa shape index (κ3) is 4.90. The molecule has 5 rings (SSSR count). The molecule has 39 heavy (non-hydrogen) atoms. The van der Waals surface area contributed by atoms with Gasteiger partial charge in [-0.2, -0.15) is 0 Å². The number of amides is 1. The summed E-state index contributed by atoms with van der Waals surface area (Å²) < 4.78 is 17.6. The van der Waals surface area contributed by atoms with Gasteiger partial charge in [-0.25, -0.2) is 4.98 Å². The normalized spacial score (nSPS) is 16.6. The number of aromatic nitrogens is 2. The number of unbranched alkanes of at least 4 members (excludes halogenated alkanes) is 1. The molecule has 1 unspecified atom stereocenters. The summed E-state index contributed by atoms with van der Waals surface area (Å²) in [5.41, 5.74) is 1.53. The summed E-state index contributed by atoms with van der Waals surface area (Å²) in [6.45, 7) is 2.61. The van der Waals surface area contributed by atoms with E-state index in [1.807, 2.05) is 6.07 Å². The average Bonchev–Trinajstić information content (AvgIpc) is 3.50. The highest BCUT2D eigenvalue weighted by Gasteiger charge is 2.48. The second kappa shape index (κ2) is 11.1. The first-order valence-corrected chi connectivity index (χ1v) is 13.2. The number of fused-ring (bicyclic) bond motifs is 1. The zero-order chi connectivity index (χ0) is 27.5. The molecule has 1 fully saturated rings. The van der Waals surface area contributed by atoms with Crippen LogP contribution < -0.4 is 19.1 Å². The van der Waals surface area contributed by atoms with Crippen LogP contribution in [0, 0.1) is 0 Å². The Labute approximate surface area is 229 Å². The van der Waals surface area contributed by atoms with E-state index in [4.69, 9.17) is 14.2 Å². The Morgan fingerprint density at radius 3 is 2.54 bits per heavy atom. The largest absolute Gasteiger partial charge is 0.507 e. The standard InChI is InChI=1S/C29H27N3O6S/c1-4-5-14-38-21-9-6-18(15-22(21)37-3)25-24(26(33)17-10-12-30-13-11-17)27(34)28(35)32(25)29-31-20-8-7-19(36-2)16-23(20)39-29/h6-13,15-16,25,33H,4-5,14H2,1-3H3/b26-24+. The zero-order valence-corrected chi connectivity index (χ0v) is 22.5. The van der Waals surface area contributed by atoms with E-state index in [9.17, 15) is 14.7 Å². The molecule has 1 aliphatic rings. The van der Waals surface area contributed by atoms with Gasteiger partial charge in [0.1, 0.15) is 11.5 Å². The molecule has 10 heteroatoms. The van der Waals surface area contributed by atoms with Crippen molar-refractivity contribution in [2.24, 2.45) is 0 Å². The molecule has 1 aliphatic heterocycles. The third-order valence-electron chi connectivity index (χ3n) is 6.45. The van der Waals surface area contributed by atoms with Gasteiger partial charge in [0.25, 0.3) is 5.78 Å². The second-order valence-corrected chi connectivity index (χ2v) is 9.86. The first kappa shape index (κ1) is 26.2. The van der Waals surface area contributed by atoms with Crippen molar-refractivity contribution < 1.29 is 28.9 Å². The van der Waals surface area contributed by atoms with Crippen LogP contribution in [0.25, 0.3) is 16.0 Å². The van der Waals surface area contributed by atoms with Crippen molar-refractivity contribution in [3.8, 4) is 17.2 Å². The fourth-order valence-corrected chi connectivity index (χ4v) is 5.45. The first-order valence-electron chi connectivity index (χ1n) is 12.4. The predicted molar refractivity (Wildman–Crippen MR) is 149 cm³/mol. The second-order valence-electron chi connectivity index (χ2n) is 8.85. The van der Waals surface area contributed by atoms with Gasteiger partial charge in [-0.05, 0) is 54.4 Å². The number of rotatable bonds is 9. The number of pyridine rings is 1. The van der Waals surface area contributed by atoms with Crippen molar-refractivity contribution in [2.75, 3.05) is 25.7 Å². The minimum absolute atomic E-state index is 0.0512. The van der Waals surface area contributed by atoms with Gasteiger partial charge in [-0.3, -0.25) is 19.5 Å². The number of carbonyl (C=O) groups excluding carboxylic acids is 2. The number of thiazole rings is 1. The molecule has 1 atom stereocenters. The maximum atomic E-state index is 13.5. The van der Waals surface area contributed by atoms with Crippen molar-refractivity contribution in [1.82, 2.24) is 9.97 Å². The highest BCUT2D eigenvalue weighted by Crippen LogP contribution is 2.46. The highest BCUT2D eigenvalue weighted by atomic mass is 32.1. The number of hydrogen-bond acceptors (Lipinski definition) is 9. The summed E-state index contributed by atoms with van der Waals surface area (Å²) in [4.78, 5) is 37.0. The van der Waals surface area contributed by atoms with Crippen molar-refractivity contribution in [2.45, 2.75) is 25.8 Å². The number of hydrogen-bond donors (Lipinski definition) is 1. The summed E-state index contributed by atoms with van der Waals surface area (Å²) in [6.07, 6.45) is 4.89. The number of anilines is 1. The number of carbonyl (C=O) groups is 2. The molecule has 9 nitrogen and oxygen atoms in total. The molecular weight excluding hydrogens is 518 g/mol. The molecule has 1 N–H and O–H groups in total. The SMILES string of the molecule is CCCCOc1ccc(C2/C(=C(\O)c3ccncc3)C(=O)C(=O)N2c2nc3ccc(OC)cc3s2)cc1OC. The molecule has 2 aromatic carbocycles. The van der Waals surface area contributed by atoms with E-state index in [2.05, 4.69) is 16.9 Å². The Morgan fingerprint density at radius 1 is 1.03 bits per heavy atom. The molecule has 1 saturated heterocycles. The minimum Gasteiger partial charge on any atom is -0.507 e. The van der Waals surface area contributed by atoms with Crippen molar-refractivity contribution in [3.05, 3.63) is 77.6 Å². The van der Waals surface area contributed by atoms with Crippen LogP contribution in [-0.4, -0.2) is 47.6 Å². The smallest absolute Gasteiger partial charge is 0.301 e. The van der Waals surface area contributed by atoms with E-state index < -0.39 is 17.7 Å². The maximum Gasteiger partial charge on any atom is 0.301 e. The molecule has 1 amide bonds. The van der Waals surface area contributed by atoms with Crippen LogP contribution in [-0.2, 0) is 9.59 Å². The molecule has 0 bridgehead atoms. The lowest BCUT2D eigenvalue weighted by molar-refractivity contribution is -0.132. The summed E-state index contributed by atoms with van der Waals surface area (Å²) in [5.74, 6) is -0.247. The summed E-state index contributed by atoms with van der Waals surface area (Å²) in [5, 5.41) is 11.6. The zero-order valence-electron chi connectivity index (χ0n) is 21.7. The van der Waals surface area contributed by atoms with Gasteiger partial charge in [0, 0.05) is 18.0 Å². The van der Waals surface area contributed by atoms with Crippen LogP contribution in [0.3, 0.4) is 0 Å². The Hall–Kier alpha value is -4.44. The Balaban J connectivity index is 1.68. The number of benzene rings is 2. The number of aliphatic hydroxyl groups is 1. The molecule has 200 valence electrons. The summed E-state index contributed by atoms with van der Waals surface area (Å²) >= 11 is 1.26. The maximum absolute atomic E-state index is 13.5. The van der Waals surface area contributed by atoms with E-state index >= 15 is 0 Å². The van der Waals surface area contributed by atoms with Crippen LogP contribution >= 0.6 is 11.3 Å². The van der Waals surface area contributed by atoms with Gasteiger partial charge in [-0.15, -0.1) is 0 Å². The van der Waals surface area contributed by atoms with Crippen molar-refractivity contribution in [3.63, 3.8) is 0 Å². The van der Waals surface area contributed by atoms with Crippen LogP contribution in [0.2, 0.25) is 0 Å². The average molecular weight is 546 g/mol. The summed E-state index contributed by atoms with van der Waals surface area (Å²) in [6, 6.07) is 12.8. The van der Waals surface area contributed by atoms with Crippen molar-refractivity contribution >= 4 is 44.1 Å². The lowest BCUT2D eigenvalue weighted by atomic mass is 9.95. The van der Waals surface area contributed by atoms with E-state index in [1.165, 1.54) is 35.7 Å². The van der Waals surface area contributed by atoms with E-state index in [0.29, 0.717) is 45.6 Å². The highest BCUT2D eigenvalue weighted by molar-refractivity contribution is 7.22. The first-order chi connectivity index (χ1) is 19.0. The Morgan fingerprint density at radius 2 is 1.82 bits per heavy atom. The number of methoxy groups -OCH3 is 2. The predicted octanol–water partition coefficient (Wildman–Crippen LogP) is 5.51. The number of aliphatic hydroxyl groups excluding tert-OH is 1. The topological polar surface area (TPSA) is 111 Å². The fraction of sp³-hybridized carbons (Fsp3) is 0.241. The Bertz CT molecular complexity index is 1570. The number of Topliss-reactive ketones (excluding diaryl/α,β-unsaturated/α-hetero) is 1. The van der Waals surface area contributed by atoms with E-state index in [-0.39, 0.29) is 11.3 Å². The molecule has 3 heterocycles. The molecule has 0 aliphatic carbocycles. The van der Waals surface area contributed by atoms with Crippen LogP contribution in [0.15, 0.2) is 66.5 Å². The third-order valence-corrected chi connectivity index (χ3v) is 7.46. The van der Waals surface area contributed by atoms with Gasteiger partial charge >= 0.3 is 5.91 Å². The van der Waals surface area contributed by atoms with Gasteiger partial charge in [0.2, 0.25) is 0 Å². The molecule has 4 aromatic rings. The van der Waals surface area contributed by atoms with Gasteiger partial charge in [0.05, 0.1) is 42.7 Å². The van der Waals surface area contributed by atoms with E-state index in [1.54, 1.807) is 49.6 Å². The number of ether oxygens (including phenoxy) is 3. The molecule has 0 radical (unpaired) electrons.